The van der Waals surface area contributed by atoms with Crippen LogP contribution in [0.25, 0.3) is 0 Å². The normalized spacial score (nSPS) is 16.2. The van der Waals surface area contributed by atoms with Crippen LogP contribution in [0.3, 0.4) is 0 Å². The van der Waals surface area contributed by atoms with E-state index in [1.54, 1.807) is 22.5 Å². The molecule has 0 unspecified atom stereocenters. The van der Waals surface area contributed by atoms with Crippen molar-refractivity contribution in [3.8, 4) is 0 Å². The maximum absolute atomic E-state index is 12.5. The molecule has 0 amide bonds. The standard InChI is InChI=1S/C12H15BrClNO2S/c1-2-15(10-4-5-10)18(16,17)12-6-3-9(8-14)7-11(12)13/h3,6-7,10H,2,4-5,8H2,1H3. The molecule has 18 heavy (non-hydrogen) atoms. The van der Waals surface area contributed by atoms with Crippen LogP contribution in [0.15, 0.2) is 27.6 Å². The summed E-state index contributed by atoms with van der Waals surface area (Å²) in [7, 11) is -3.40. The number of nitrogens with zero attached hydrogens (tertiary/aromatic N) is 1. The van der Waals surface area contributed by atoms with Crippen molar-refractivity contribution in [1.82, 2.24) is 4.31 Å². The van der Waals surface area contributed by atoms with Crippen molar-refractivity contribution in [1.29, 1.82) is 0 Å². The largest absolute Gasteiger partial charge is 0.244 e. The van der Waals surface area contributed by atoms with E-state index in [2.05, 4.69) is 15.9 Å². The van der Waals surface area contributed by atoms with Crippen LogP contribution in [0.5, 0.6) is 0 Å². The Bertz CT molecular complexity index is 543. The third kappa shape index (κ3) is 2.74. The summed E-state index contributed by atoms with van der Waals surface area (Å²) in [5.74, 6) is 0.374. The molecule has 6 heteroatoms. The van der Waals surface area contributed by atoms with Gasteiger partial charge in [0, 0.05) is 22.9 Å². The molecule has 1 saturated carbocycles. The van der Waals surface area contributed by atoms with Crippen molar-refractivity contribution in [2.45, 2.75) is 36.6 Å². The van der Waals surface area contributed by atoms with Gasteiger partial charge in [0.05, 0.1) is 4.90 Å². The van der Waals surface area contributed by atoms with Gasteiger partial charge < -0.3 is 0 Å². The van der Waals surface area contributed by atoms with Crippen molar-refractivity contribution in [2.75, 3.05) is 6.54 Å². The number of alkyl halides is 1. The zero-order chi connectivity index (χ0) is 13.3. The Balaban J connectivity index is 2.40. The van der Waals surface area contributed by atoms with Crippen LogP contribution in [0.2, 0.25) is 0 Å². The van der Waals surface area contributed by atoms with Crippen molar-refractivity contribution >= 4 is 37.6 Å². The highest BCUT2D eigenvalue weighted by molar-refractivity contribution is 9.10. The van der Waals surface area contributed by atoms with Crippen LogP contribution >= 0.6 is 27.5 Å². The summed E-state index contributed by atoms with van der Waals surface area (Å²) < 4.78 is 27.2. The van der Waals surface area contributed by atoms with E-state index in [1.807, 2.05) is 6.92 Å². The molecule has 100 valence electrons. The number of sulfonamides is 1. The predicted octanol–water partition coefficient (Wildman–Crippen LogP) is 3.36. The Morgan fingerprint density at radius 2 is 2.11 bits per heavy atom. The topological polar surface area (TPSA) is 37.4 Å². The summed E-state index contributed by atoms with van der Waals surface area (Å²) in [6, 6.07) is 5.33. The van der Waals surface area contributed by atoms with Crippen LogP contribution in [0.1, 0.15) is 25.3 Å². The quantitative estimate of drug-likeness (QED) is 0.762. The summed E-state index contributed by atoms with van der Waals surface area (Å²) in [6.07, 6.45) is 1.93. The number of halogens is 2. The van der Waals surface area contributed by atoms with Crippen LogP contribution in [-0.4, -0.2) is 25.3 Å². The monoisotopic (exact) mass is 351 g/mol. The molecule has 2 rings (SSSR count). The molecular formula is C12H15BrClNO2S. The van der Waals surface area contributed by atoms with Gasteiger partial charge in [0.25, 0.3) is 0 Å². The number of hydrogen-bond donors (Lipinski definition) is 0. The summed E-state index contributed by atoms with van der Waals surface area (Å²) in [5, 5.41) is 0. The number of benzene rings is 1. The molecule has 0 atom stereocenters. The maximum atomic E-state index is 12.5. The predicted molar refractivity (Wildman–Crippen MR) is 76.3 cm³/mol. The molecule has 0 bridgehead atoms. The van der Waals surface area contributed by atoms with Gasteiger partial charge in [-0.25, -0.2) is 8.42 Å². The third-order valence-corrected chi connectivity index (χ3v) is 6.32. The molecule has 0 aliphatic heterocycles. The van der Waals surface area contributed by atoms with Gasteiger partial charge in [-0.05, 0) is 46.5 Å². The van der Waals surface area contributed by atoms with Crippen LogP contribution < -0.4 is 0 Å². The summed E-state index contributed by atoms with van der Waals surface area (Å²) >= 11 is 9.06. The van der Waals surface area contributed by atoms with Gasteiger partial charge in [0.15, 0.2) is 0 Å². The van der Waals surface area contributed by atoms with Crippen LogP contribution in [-0.2, 0) is 15.9 Å². The van der Waals surface area contributed by atoms with Crippen molar-refractivity contribution in [3.05, 3.63) is 28.2 Å². The zero-order valence-corrected chi connectivity index (χ0v) is 13.2. The molecule has 0 N–H and O–H groups in total. The Morgan fingerprint density at radius 1 is 1.44 bits per heavy atom. The van der Waals surface area contributed by atoms with Gasteiger partial charge >= 0.3 is 0 Å². The average Bonchev–Trinajstić information content (AvgIpc) is 3.13. The first-order chi connectivity index (χ1) is 8.50. The third-order valence-electron chi connectivity index (χ3n) is 3.00. The molecule has 1 aromatic rings. The minimum absolute atomic E-state index is 0.180. The average molecular weight is 353 g/mol. The summed E-state index contributed by atoms with van der Waals surface area (Å²) in [6.45, 7) is 2.38. The van der Waals surface area contributed by atoms with E-state index < -0.39 is 10.0 Å². The molecule has 1 aromatic carbocycles. The number of rotatable bonds is 5. The van der Waals surface area contributed by atoms with Gasteiger partial charge in [-0.15, -0.1) is 11.6 Å². The first-order valence-electron chi connectivity index (χ1n) is 5.87. The van der Waals surface area contributed by atoms with Gasteiger partial charge in [0.2, 0.25) is 10.0 Å². The Kier molecular flexibility index (Phi) is 4.36. The van der Waals surface area contributed by atoms with Gasteiger partial charge in [-0.2, -0.15) is 4.31 Å². The van der Waals surface area contributed by atoms with Gasteiger partial charge in [0.1, 0.15) is 0 Å². The highest BCUT2D eigenvalue weighted by Crippen LogP contribution is 2.34. The molecule has 0 aromatic heterocycles. The fourth-order valence-electron chi connectivity index (χ4n) is 1.95. The minimum Gasteiger partial charge on any atom is -0.207 e. The van der Waals surface area contributed by atoms with Crippen molar-refractivity contribution in [3.63, 3.8) is 0 Å². The maximum Gasteiger partial charge on any atom is 0.244 e. The highest BCUT2D eigenvalue weighted by Gasteiger charge is 2.37. The van der Waals surface area contributed by atoms with Gasteiger partial charge in [-0.3, -0.25) is 0 Å². The zero-order valence-electron chi connectivity index (χ0n) is 10.1. The Labute approximate surface area is 121 Å². The number of hydrogen-bond acceptors (Lipinski definition) is 2. The SMILES string of the molecule is CCN(C1CC1)S(=O)(=O)c1ccc(CCl)cc1Br. The first-order valence-corrected chi connectivity index (χ1v) is 8.63. The first kappa shape index (κ1) is 14.3. The van der Waals surface area contributed by atoms with E-state index in [-0.39, 0.29) is 6.04 Å². The molecule has 0 radical (unpaired) electrons. The van der Waals surface area contributed by atoms with Gasteiger partial charge in [-0.1, -0.05) is 13.0 Å². The molecule has 1 fully saturated rings. The van der Waals surface area contributed by atoms with E-state index in [4.69, 9.17) is 11.6 Å². The Hall–Kier alpha value is -0.100. The van der Waals surface area contributed by atoms with Crippen molar-refractivity contribution in [2.24, 2.45) is 0 Å². The lowest BCUT2D eigenvalue weighted by Crippen LogP contribution is -2.33. The van der Waals surface area contributed by atoms with Crippen LogP contribution in [0.4, 0.5) is 0 Å². The van der Waals surface area contributed by atoms with E-state index in [1.165, 1.54) is 0 Å². The summed E-state index contributed by atoms with van der Waals surface area (Å²) in [5.41, 5.74) is 0.900. The lowest BCUT2D eigenvalue weighted by atomic mass is 10.2. The fraction of sp³-hybridized carbons (Fsp3) is 0.500. The smallest absolute Gasteiger partial charge is 0.207 e. The molecule has 0 spiro atoms. The molecule has 0 saturated heterocycles. The molecule has 1 aliphatic carbocycles. The van der Waals surface area contributed by atoms with E-state index in [9.17, 15) is 8.42 Å². The van der Waals surface area contributed by atoms with Crippen LogP contribution in [0, 0.1) is 0 Å². The van der Waals surface area contributed by atoms with Crippen molar-refractivity contribution < 1.29 is 8.42 Å². The lowest BCUT2D eigenvalue weighted by molar-refractivity contribution is 0.420. The molecular weight excluding hydrogens is 338 g/mol. The molecule has 3 nitrogen and oxygen atoms in total. The second-order valence-corrected chi connectivity index (χ2v) is 7.32. The van der Waals surface area contributed by atoms with E-state index in [0.717, 1.165) is 18.4 Å². The summed E-state index contributed by atoms with van der Waals surface area (Å²) in [4.78, 5) is 0.324. The molecule has 1 aliphatic rings. The minimum atomic E-state index is -3.40. The lowest BCUT2D eigenvalue weighted by Gasteiger charge is -2.20. The molecule has 0 heterocycles. The second kappa shape index (κ2) is 5.49. The highest BCUT2D eigenvalue weighted by atomic mass is 79.9. The second-order valence-electron chi connectivity index (χ2n) is 4.34. The Morgan fingerprint density at radius 3 is 2.56 bits per heavy atom. The van der Waals surface area contributed by atoms with E-state index >= 15 is 0 Å². The fourth-order valence-corrected chi connectivity index (χ4v) is 4.90. The van der Waals surface area contributed by atoms with E-state index in [0.29, 0.717) is 21.8 Å².